The van der Waals surface area contributed by atoms with Gasteiger partial charge in [-0.3, -0.25) is 0 Å². The van der Waals surface area contributed by atoms with Gasteiger partial charge in [-0.05, 0) is 30.1 Å². The fourth-order valence-corrected chi connectivity index (χ4v) is 3.04. The quantitative estimate of drug-likeness (QED) is 0.596. The molecule has 0 aliphatic heterocycles. The minimum atomic E-state index is 0.127. The van der Waals surface area contributed by atoms with Crippen LogP contribution in [0.1, 0.15) is 26.7 Å². The number of rotatable bonds is 1. The van der Waals surface area contributed by atoms with Gasteiger partial charge in [0.1, 0.15) is 6.29 Å². The third-order valence-electron chi connectivity index (χ3n) is 4.24. The first kappa shape index (κ1) is 8.24. The Kier molecular flexibility index (Phi) is 1.59. The van der Waals surface area contributed by atoms with Gasteiger partial charge in [-0.2, -0.15) is 0 Å². The lowest BCUT2D eigenvalue weighted by molar-refractivity contribution is -0.131. The number of hydrogen-bond acceptors (Lipinski definition) is 2. The van der Waals surface area contributed by atoms with Crippen molar-refractivity contribution >= 4 is 6.29 Å². The second-order valence-corrected chi connectivity index (χ2v) is 4.97. The molecule has 2 nitrogen and oxygen atoms in total. The molecule has 3 saturated carbocycles. The molecule has 12 heavy (non-hydrogen) atoms. The number of hydrogen-bond donors (Lipinski definition) is 1. The molecule has 68 valence electrons. The molecule has 1 unspecified atom stereocenters. The largest absolute Gasteiger partial charge is 0.327 e. The number of fused-ring (bicyclic) bond motifs is 2. The van der Waals surface area contributed by atoms with Gasteiger partial charge in [0.15, 0.2) is 0 Å². The van der Waals surface area contributed by atoms with E-state index in [1.54, 1.807) is 0 Å². The molecule has 0 aromatic rings. The van der Waals surface area contributed by atoms with E-state index in [-0.39, 0.29) is 12.0 Å². The first-order valence-electron chi connectivity index (χ1n) is 4.78. The van der Waals surface area contributed by atoms with Crippen LogP contribution >= 0.6 is 0 Å². The molecule has 0 amide bonds. The number of carbonyl (C=O) groups excluding carboxylic acids is 1. The van der Waals surface area contributed by atoms with E-state index in [4.69, 9.17) is 5.73 Å². The highest BCUT2D eigenvalue weighted by Gasteiger charge is 2.56. The topological polar surface area (TPSA) is 43.1 Å². The van der Waals surface area contributed by atoms with E-state index in [1.165, 1.54) is 6.42 Å². The van der Waals surface area contributed by atoms with Gasteiger partial charge < -0.3 is 10.5 Å². The van der Waals surface area contributed by atoms with E-state index in [2.05, 4.69) is 13.8 Å². The number of aldehydes is 1. The lowest BCUT2D eigenvalue weighted by atomic mass is 9.45. The summed E-state index contributed by atoms with van der Waals surface area (Å²) in [6.45, 7) is 4.57. The maximum Gasteiger partial charge on any atom is 0.124 e. The highest BCUT2D eigenvalue weighted by atomic mass is 16.1. The van der Waals surface area contributed by atoms with Crippen molar-refractivity contribution in [1.29, 1.82) is 0 Å². The summed E-state index contributed by atoms with van der Waals surface area (Å²) >= 11 is 0. The summed E-state index contributed by atoms with van der Waals surface area (Å²) in [6.07, 6.45) is 3.33. The second kappa shape index (κ2) is 2.32. The Hall–Kier alpha value is -0.370. The summed E-state index contributed by atoms with van der Waals surface area (Å²) in [6, 6.07) is 0.127. The highest BCUT2D eigenvalue weighted by molar-refractivity contribution is 5.56. The molecule has 4 atom stereocenters. The number of nitrogens with two attached hydrogens (primary N) is 1. The zero-order chi connectivity index (χ0) is 8.93. The minimum absolute atomic E-state index is 0.127. The van der Waals surface area contributed by atoms with Crippen LogP contribution in [0.3, 0.4) is 0 Å². The third kappa shape index (κ3) is 0.817. The van der Waals surface area contributed by atoms with Crippen LogP contribution in [0, 0.1) is 23.2 Å². The fourth-order valence-electron chi connectivity index (χ4n) is 3.04. The molecule has 0 aromatic heterocycles. The monoisotopic (exact) mass is 167 g/mol. The van der Waals surface area contributed by atoms with Crippen molar-refractivity contribution in [3.05, 3.63) is 0 Å². The van der Waals surface area contributed by atoms with Crippen LogP contribution in [-0.4, -0.2) is 12.3 Å². The predicted octanol–water partition coefficient (Wildman–Crippen LogP) is 1.19. The first-order chi connectivity index (χ1) is 5.57. The Morgan fingerprint density at radius 2 is 2.08 bits per heavy atom. The smallest absolute Gasteiger partial charge is 0.124 e. The summed E-state index contributed by atoms with van der Waals surface area (Å²) in [4.78, 5) is 10.7. The fraction of sp³-hybridized carbons (Fsp3) is 0.900. The summed E-state index contributed by atoms with van der Waals surface area (Å²) in [5.41, 5.74) is 6.42. The van der Waals surface area contributed by atoms with E-state index in [1.807, 2.05) is 0 Å². The molecule has 3 rings (SSSR count). The molecule has 0 radical (unpaired) electrons. The van der Waals surface area contributed by atoms with E-state index < -0.39 is 0 Å². The third-order valence-corrected chi connectivity index (χ3v) is 4.24. The molecule has 3 aliphatic carbocycles. The second-order valence-electron chi connectivity index (χ2n) is 4.97. The van der Waals surface area contributed by atoms with Crippen molar-refractivity contribution in [3.63, 3.8) is 0 Å². The van der Waals surface area contributed by atoms with E-state index >= 15 is 0 Å². The molecule has 0 spiro atoms. The molecule has 0 saturated heterocycles. The molecule has 2 N–H and O–H groups in total. The van der Waals surface area contributed by atoms with Crippen LogP contribution in [0.15, 0.2) is 0 Å². The van der Waals surface area contributed by atoms with Crippen LogP contribution in [-0.2, 0) is 4.79 Å². The van der Waals surface area contributed by atoms with E-state index in [9.17, 15) is 4.79 Å². The normalized spacial score (nSPS) is 49.6. The maximum absolute atomic E-state index is 10.7. The minimum Gasteiger partial charge on any atom is -0.327 e. The number of carbonyl (C=O) groups is 1. The maximum atomic E-state index is 10.7. The van der Waals surface area contributed by atoms with Gasteiger partial charge >= 0.3 is 0 Å². The molecular weight excluding hydrogens is 150 g/mol. The van der Waals surface area contributed by atoms with Crippen LogP contribution < -0.4 is 5.73 Å². The van der Waals surface area contributed by atoms with Crippen molar-refractivity contribution in [2.45, 2.75) is 32.7 Å². The summed E-state index contributed by atoms with van der Waals surface area (Å²) in [5, 5.41) is 0. The Morgan fingerprint density at radius 1 is 1.42 bits per heavy atom. The molecular formula is C10H17NO. The van der Waals surface area contributed by atoms with Gasteiger partial charge in [-0.25, -0.2) is 0 Å². The van der Waals surface area contributed by atoms with Crippen LogP contribution in [0.2, 0.25) is 0 Å². The van der Waals surface area contributed by atoms with Gasteiger partial charge in [-0.1, -0.05) is 13.8 Å². The van der Waals surface area contributed by atoms with Gasteiger partial charge in [-0.15, -0.1) is 0 Å². The van der Waals surface area contributed by atoms with Crippen LogP contribution in [0.25, 0.3) is 0 Å². The molecule has 2 heteroatoms. The molecule has 3 aliphatic rings. The lowest BCUT2D eigenvalue weighted by Crippen LogP contribution is -2.61. The first-order valence-corrected chi connectivity index (χ1v) is 4.78. The lowest BCUT2D eigenvalue weighted by Gasteiger charge is -2.60. The average molecular weight is 167 g/mol. The Bertz CT molecular complexity index is 212. The van der Waals surface area contributed by atoms with Crippen LogP contribution in [0.5, 0.6) is 0 Å². The standard InChI is InChI=1S/C10H17NO/c1-10(2)7-3-6(5-12)9(11)8(10)4-7/h5-9H,3-4,11H2,1-2H3/t6?,7-,8-,9-/m1/s1. The SMILES string of the molecule is CC1(C)[C@@H]2CC(C=O)[C@@H](N)[C@H]1C2. The summed E-state index contributed by atoms with van der Waals surface area (Å²) < 4.78 is 0. The van der Waals surface area contributed by atoms with Crippen molar-refractivity contribution in [3.8, 4) is 0 Å². The van der Waals surface area contributed by atoms with Gasteiger partial charge in [0.05, 0.1) is 0 Å². The Labute approximate surface area is 73.5 Å². The van der Waals surface area contributed by atoms with Crippen molar-refractivity contribution in [2.75, 3.05) is 0 Å². The molecule has 0 heterocycles. The van der Waals surface area contributed by atoms with Gasteiger partial charge in [0.25, 0.3) is 0 Å². The molecule has 0 aromatic carbocycles. The zero-order valence-electron chi connectivity index (χ0n) is 7.79. The average Bonchev–Trinajstić information content (AvgIpc) is 2.03. The summed E-state index contributed by atoms with van der Waals surface area (Å²) in [5.74, 6) is 1.48. The van der Waals surface area contributed by atoms with Crippen molar-refractivity contribution in [2.24, 2.45) is 28.9 Å². The van der Waals surface area contributed by atoms with E-state index in [0.717, 1.165) is 18.6 Å². The summed E-state index contributed by atoms with van der Waals surface area (Å²) in [7, 11) is 0. The Balaban J connectivity index is 2.16. The van der Waals surface area contributed by atoms with Crippen molar-refractivity contribution < 1.29 is 4.79 Å². The molecule has 3 fully saturated rings. The predicted molar refractivity (Wildman–Crippen MR) is 47.5 cm³/mol. The van der Waals surface area contributed by atoms with Crippen molar-refractivity contribution in [1.82, 2.24) is 0 Å². The van der Waals surface area contributed by atoms with Gasteiger partial charge in [0, 0.05) is 12.0 Å². The van der Waals surface area contributed by atoms with Crippen LogP contribution in [0.4, 0.5) is 0 Å². The Morgan fingerprint density at radius 3 is 2.50 bits per heavy atom. The zero-order valence-corrected chi connectivity index (χ0v) is 7.79. The van der Waals surface area contributed by atoms with Gasteiger partial charge in [0.2, 0.25) is 0 Å². The van der Waals surface area contributed by atoms with E-state index in [0.29, 0.717) is 11.3 Å². The highest BCUT2D eigenvalue weighted by Crippen LogP contribution is 2.59. The molecule has 2 bridgehead atoms.